The molecule has 0 aliphatic carbocycles. The minimum absolute atomic E-state index is 0.130. The van der Waals surface area contributed by atoms with E-state index in [1.165, 1.54) is 0 Å². The van der Waals surface area contributed by atoms with E-state index in [0.717, 1.165) is 30.9 Å². The molecule has 4 heteroatoms. The summed E-state index contributed by atoms with van der Waals surface area (Å²) in [6.07, 6.45) is 0. The Morgan fingerprint density at radius 2 is 1.85 bits per heavy atom. The van der Waals surface area contributed by atoms with Crippen molar-refractivity contribution >= 4 is 5.69 Å². The van der Waals surface area contributed by atoms with Gasteiger partial charge in [0.05, 0.1) is 0 Å². The number of nitrogens with zero attached hydrogens (tertiary/aromatic N) is 2. The van der Waals surface area contributed by atoms with E-state index in [9.17, 15) is 4.39 Å². The summed E-state index contributed by atoms with van der Waals surface area (Å²) in [4.78, 5) is 4.36. The van der Waals surface area contributed by atoms with Gasteiger partial charge in [0.25, 0.3) is 0 Å². The lowest BCUT2D eigenvalue weighted by Crippen LogP contribution is -2.30. The van der Waals surface area contributed by atoms with Crippen LogP contribution < -0.4 is 10.2 Å². The summed E-state index contributed by atoms with van der Waals surface area (Å²) in [6.45, 7) is 8.73. The Hall–Kier alpha value is -1.13. The van der Waals surface area contributed by atoms with Gasteiger partial charge >= 0.3 is 0 Å². The molecule has 1 unspecified atom stereocenters. The van der Waals surface area contributed by atoms with Crippen LogP contribution in [0.1, 0.15) is 31.0 Å². The molecule has 0 saturated heterocycles. The van der Waals surface area contributed by atoms with Crippen molar-refractivity contribution in [3.8, 4) is 0 Å². The predicted octanol–water partition coefficient (Wildman–Crippen LogP) is 2.80. The number of rotatable bonds is 7. The van der Waals surface area contributed by atoms with Crippen LogP contribution in [0.15, 0.2) is 12.1 Å². The van der Waals surface area contributed by atoms with Gasteiger partial charge in [0.1, 0.15) is 5.82 Å². The maximum atomic E-state index is 13.9. The maximum absolute atomic E-state index is 13.9. The normalized spacial score (nSPS) is 12.8. The summed E-state index contributed by atoms with van der Waals surface area (Å²) in [5, 5.41) is 3.36. The van der Waals surface area contributed by atoms with Gasteiger partial charge in [0, 0.05) is 31.9 Å². The molecule has 1 rings (SSSR count). The van der Waals surface area contributed by atoms with Gasteiger partial charge in [-0.3, -0.25) is 0 Å². The van der Waals surface area contributed by atoms with Crippen LogP contribution in [0.4, 0.5) is 10.1 Å². The quantitative estimate of drug-likeness (QED) is 0.829. The predicted molar refractivity (Wildman–Crippen MR) is 85.1 cm³/mol. The van der Waals surface area contributed by atoms with Crippen LogP contribution in [0.25, 0.3) is 0 Å². The molecule has 1 atom stereocenters. The first kappa shape index (κ1) is 16.9. The van der Waals surface area contributed by atoms with Crippen LogP contribution in [0, 0.1) is 12.7 Å². The fourth-order valence-corrected chi connectivity index (χ4v) is 2.25. The van der Waals surface area contributed by atoms with Gasteiger partial charge in [-0.05, 0) is 57.7 Å². The zero-order chi connectivity index (χ0) is 15.3. The van der Waals surface area contributed by atoms with Gasteiger partial charge in [-0.1, -0.05) is 6.92 Å². The smallest absolute Gasteiger partial charge is 0.126 e. The zero-order valence-corrected chi connectivity index (χ0v) is 13.6. The molecule has 20 heavy (non-hydrogen) atoms. The van der Waals surface area contributed by atoms with E-state index in [2.05, 4.69) is 50.1 Å². The van der Waals surface area contributed by atoms with Gasteiger partial charge < -0.3 is 15.1 Å². The monoisotopic (exact) mass is 281 g/mol. The van der Waals surface area contributed by atoms with E-state index >= 15 is 0 Å². The lowest BCUT2D eigenvalue weighted by atomic mass is 10.0. The summed E-state index contributed by atoms with van der Waals surface area (Å²) < 4.78 is 13.9. The third-order valence-electron chi connectivity index (χ3n) is 3.58. The summed E-state index contributed by atoms with van der Waals surface area (Å²) in [5.74, 6) is -0.130. The van der Waals surface area contributed by atoms with E-state index in [4.69, 9.17) is 0 Å². The number of hydrogen-bond acceptors (Lipinski definition) is 3. The molecule has 1 aromatic carbocycles. The van der Waals surface area contributed by atoms with E-state index in [1.54, 1.807) is 6.07 Å². The fraction of sp³-hybridized carbons (Fsp3) is 0.625. The summed E-state index contributed by atoms with van der Waals surface area (Å²) >= 11 is 0. The highest BCUT2D eigenvalue weighted by Crippen LogP contribution is 2.28. The Labute approximate surface area is 122 Å². The molecule has 0 aromatic heterocycles. The van der Waals surface area contributed by atoms with Gasteiger partial charge in [-0.25, -0.2) is 4.39 Å². The Morgan fingerprint density at radius 3 is 2.40 bits per heavy atom. The van der Waals surface area contributed by atoms with Crippen molar-refractivity contribution < 1.29 is 4.39 Å². The SMILES string of the molecule is CCNC(C)c1cc(F)c(C)cc1N(C)CCN(C)C. The molecule has 0 aliphatic heterocycles. The highest BCUT2D eigenvalue weighted by Gasteiger charge is 2.15. The Bertz CT molecular complexity index is 432. The molecule has 0 aliphatic rings. The fourth-order valence-electron chi connectivity index (χ4n) is 2.25. The van der Waals surface area contributed by atoms with Crippen molar-refractivity contribution in [3.63, 3.8) is 0 Å². The molecule has 0 amide bonds. The van der Waals surface area contributed by atoms with Crippen LogP contribution in [0.3, 0.4) is 0 Å². The van der Waals surface area contributed by atoms with E-state index < -0.39 is 0 Å². The molecule has 1 aromatic rings. The summed E-state index contributed by atoms with van der Waals surface area (Å²) in [6, 6.07) is 3.77. The van der Waals surface area contributed by atoms with Crippen molar-refractivity contribution in [1.29, 1.82) is 0 Å². The van der Waals surface area contributed by atoms with E-state index in [1.807, 2.05) is 13.0 Å². The van der Waals surface area contributed by atoms with Crippen LogP contribution in [0.5, 0.6) is 0 Å². The van der Waals surface area contributed by atoms with Crippen molar-refractivity contribution in [2.75, 3.05) is 45.7 Å². The molecule has 1 N–H and O–H groups in total. The van der Waals surface area contributed by atoms with Crippen LogP contribution >= 0.6 is 0 Å². The molecule has 0 spiro atoms. The number of hydrogen-bond donors (Lipinski definition) is 1. The van der Waals surface area contributed by atoms with Gasteiger partial charge in [0.15, 0.2) is 0 Å². The van der Waals surface area contributed by atoms with Crippen molar-refractivity contribution in [2.45, 2.75) is 26.8 Å². The third-order valence-corrected chi connectivity index (χ3v) is 3.58. The average Bonchev–Trinajstić information content (AvgIpc) is 2.38. The minimum atomic E-state index is -0.130. The number of halogens is 1. The number of anilines is 1. The first-order chi connectivity index (χ1) is 9.36. The molecular weight excluding hydrogens is 253 g/mol. The van der Waals surface area contributed by atoms with Crippen molar-refractivity contribution in [2.24, 2.45) is 0 Å². The lowest BCUT2D eigenvalue weighted by Gasteiger charge is -2.27. The standard InChI is InChI=1S/C16H28FN3/c1-7-18-13(3)14-11-15(17)12(2)10-16(14)20(6)9-8-19(4)5/h10-11,13,18H,7-9H2,1-6H3. The number of benzene rings is 1. The minimum Gasteiger partial charge on any atom is -0.373 e. The summed E-state index contributed by atoms with van der Waals surface area (Å²) in [7, 11) is 6.19. The second kappa shape index (κ2) is 7.60. The van der Waals surface area contributed by atoms with Crippen LogP contribution in [-0.2, 0) is 0 Å². The third kappa shape index (κ3) is 4.46. The van der Waals surface area contributed by atoms with Gasteiger partial charge in [-0.2, -0.15) is 0 Å². The molecule has 0 bridgehead atoms. The average molecular weight is 281 g/mol. The first-order valence-corrected chi connectivity index (χ1v) is 7.26. The zero-order valence-electron chi connectivity index (χ0n) is 13.6. The number of nitrogens with one attached hydrogen (secondary N) is 1. The van der Waals surface area contributed by atoms with E-state index in [0.29, 0.717) is 5.56 Å². The van der Waals surface area contributed by atoms with Crippen molar-refractivity contribution in [3.05, 3.63) is 29.1 Å². The molecule has 3 nitrogen and oxygen atoms in total. The Balaban J connectivity index is 3.05. The van der Waals surface area contributed by atoms with E-state index in [-0.39, 0.29) is 11.9 Å². The number of aryl methyl sites for hydroxylation is 1. The topological polar surface area (TPSA) is 18.5 Å². The highest BCUT2D eigenvalue weighted by atomic mass is 19.1. The lowest BCUT2D eigenvalue weighted by molar-refractivity contribution is 0.416. The highest BCUT2D eigenvalue weighted by molar-refractivity contribution is 5.56. The Kier molecular flexibility index (Phi) is 6.43. The largest absolute Gasteiger partial charge is 0.373 e. The molecule has 0 fully saturated rings. The molecule has 0 saturated carbocycles. The molecule has 0 heterocycles. The van der Waals surface area contributed by atoms with Crippen molar-refractivity contribution in [1.82, 2.24) is 10.2 Å². The Morgan fingerprint density at radius 1 is 1.20 bits per heavy atom. The second-order valence-corrected chi connectivity index (χ2v) is 5.66. The van der Waals surface area contributed by atoms with Gasteiger partial charge in [-0.15, -0.1) is 0 Å². The first-order valence-electron chi connectivity index (χ1n) is 7.26. The van der Waals surface area contributed by atoms with Gasteiger partial charge in [0.2, 0.25) is 0 Å². The molecular formula is C16H28FN3. The number of likely N-dealkylation sites (N-methyl/N-ethyl adjacent to an activating group) is 2. The summed E-state index contributed by atoms with van der Waals surface area (Å²) in [5.41, 5.74) is 2.83. The molecule has 0 radical (unpaired) electrons. The van der Waals surface area contributed by atoms with Crippen LogP contribution in [-0.4, -0.2) is 45.7 Å². The van der Waals surface area contributed by atoms with Crippen LogP contribution in [0.2, 0.25) is 0 Å². The maximum Gasteiger partial charge on any atom is 0.126 e. The second-order valence-electron chi connectivity index (χ2n) is 5.66. The molecule has 114 valence electrons.